The van der Waals surface area contributed by atoms with Gasteiger partial charge in [-0.1, -0.05) is 0 Å². The maximum Gasteiger partial charge on any atom is 0.252 e. The van der Waals surface area contributed by atoms with Crippen molar-refractivity contribution in [1.82, 2.24) is 15.6 Å². The molecular weight excluding hydrogens is 318 g/mol. The first-order valence-electron chi connectivity index (χ1n) is 7.13. The Hall–Kier alpha value is -1.73. The van der Waals surface area contributed by atoms with Gasteiger partial charge in [-0.05, 0) is 24.8 Å². The van der Waals surface area contributed by atoms with Crippen molar-refractivity contribution < 1.29 is 9.59 Å². The van der Waals surface area contributed by atoms with Gasteiger partial charge in [0.1, 0.15) is 0 Å². The minimum atomic E-state index is -0.0828. The van der Waals surface area contributed by atoms with Gasteiger partial charge in [0, 0.05) is 42.3 Å². The number of thiazole rings is 1. The van der Waals surface area contributed by atoms with Crippen molar-refractivity contribution in [2.24, 2.45) is 0 Å². The predicted molar refractivity (Wildman–Crippen MR) is 89.5 cm³/mol. The summed E-state index contributed by atoms with van der Waals surface area (Å²) in [6.07, 6.45) is 1.81. The number of thiophene rings is 1. The summed E-state index contributed by atoms with van der Waals surface area (Å²) in [5.41, 5.74) is 1.69. The van der Waals surface area contributed by atoms with Gasteiger partial charge in [0.15, 0.2) is 0 Å². The Morgan fingerprint density at radius 3 is 2.77 bits per heavy atom. The number of carbonyl (C=O) groups excluding carboxylic acids is 2. The highest BCUT2D eigenvalue weighted by molar-refractivity contribution is 7.09. The molecule has 22 heavy (non-hydrogen) atoms. The van der Waals surface area contributed by atoms with Crippen molar-refractivity contribution in [3.8, 4) is 0 Å². The Kier molecular flexibility index (Phi) is 6.54. The lowest BCUT2D eigenvalue weighted by molar-refractivity contribution is -0.121. The smallest absolute Gasteiger partial charge is 0.252 e. The van der Waals surface area contributed by atoms with E-state index in [0.717, 1.165) is 17.1 Å². The minimum absolute atomic E-state index is 0.0109. The van der Waals surface area contributed by atoms with Crippen molar-refractivity contribution in [2.75, 3.05) is 13.1 Å². The minimum Gasteiger partial charge on any atom is -0.356 e. The lowest BCUT2D eigenvalue weighted by Gasteiger charge is -2.05. The number of nitrogens with zero attached hydrogens (tertiary/aromatic N) is 1. The Morgan fingerprint density at radius 1 is 1.23 bits per heavy atom. The molecule has 0 aliphatic heterocycles. The second kappa shape index (κ2) is 8.65. The van der Waals surface area contributed by atoms with Gasteiger partial charge in [-0.15, -0.1) is 11.3 Å². The van der Waals surface area contributed by atoms with Crippen LogP contribution in [0, 0.1) is 6.92 Å². The lowest BCUT2D eigenvalue weighted by Crippen LogP contribution is -2.28. The fourth-order valence-electron chi connectivity index (χ4n) is 1.89. The molecule has 0 unspecified atom stereocenters. The molecule has 0 bridgehead atoms. The molecule has 0 aliphatic carbocycles. The van der Waals surface area contributed by atoms with Crippen LogP contribution in [0.25, 0.3) is 0 Å². The highest BCUT2D eigenvalue weighted by atomic mass is 32.1. The van der Waals surface area contributed by atoms with E-state index in [1.807, 2.05) is 23.1 Å². The third-order valence-electron chi connectivity index (χ3n) is 3.02. The van der Waals surface area contributed by atoms with Gasteiger partial charge in [-0.3, -0.25) is 9.59 Å². The first-order chi connectivity index (χ1) is 10.6. The van der Waals surface area contributed by atoms with Crippen molar-refractivity contribution >= 4 is 34.5 Å². The monoisotopic (exact) mass is 337 g/mol. The molecule has 118 valence electrons. The van der Waals surface area contributed by atoms with Gasteiger partial charge in [-0.2, -0.15) is 11.3 Å². The maximum absolute atomic E-state index is 11.7. The first kappa shape index (κ1) is 16.6. The zero-order chi connectivity index (χ0) is 15.8. The Balaban J connectivity index is 1.53. The van der Waals surface area contributed by atoms with Gasteiger partial charge in [0.2, 0.25) is 5.91 Å². The molecule has 5 nitrogen and oxygen atoms in total. The van der Waals surface area contributed by atoms with Gasteiger partial charge in [-0.25, -0.2) is 4.98 Å². The molecule has 0 spiro atoms. The molecule has 2 heterocycles. The fraction of sp³-hybridized carbons (Fsp3) is 0.400. The van der Waals surface area contributed by atoms with Gasteiger partial charge in [0.25, 0.3) is 5.91 Å². The van der Waals surface area contributed by atoms with Crippen molar-refractivity contribution in [1.29, 1.82) is 0 Å². The number of aryl methyl sites for hydroxylation is 1. The summed E-state index contributed by atoms with van der Waals surface area (Å²) in [5, 5.41) is 12.4. The third kappa shape index (κ3) is 5.57. The zero-order valence-electron chi connectivity index (χ0n) is 12.4. The Bertz CT molecular complexity index is 608. The lowest BCUT2D eigenvalue weighted by atomic mass is 10.2. The van der Waals surface area contributed by atoms with E-state index in [1.54, 1.807) is 17.4 Å². The molecule has 2 amide bonds. The Labute approximate surface area is 137 Å². The molecular formula is C15H19N3O2S2. The van der Waals surface area contributed by atoms with E-state index < -0.39 is 0 Å². The van der Waals surface area contributed by atoms with Crippen LogP contribution >= 0.6 is 22.7 Å². The number of hydrogen-bond acceptors (Lipinski definition) is 5. The predicted octanol–water partition coefficient (Wildman–Crippen LogP) is 2.38. The van der Waals surface area contributed by atoms with E-state index in [2.05, 4.69) is 15.6 Å². The SMILES string of the molecule is Cc1nc(CCNC(=O)CCCNC(=O)c2ccsc2)cs1. The quantitative estimate of drug-likeness (QED) is 0.727. The van der Waals surface area contributed by atoms with Crippen molar-refractivity contribution in [3.05, 3.63) is 38.5 Å². The van der Waals surface area contributed by atoms with Crippen molar-refractivity contribution in [3.63, 3.8) is 0 Å². The van der Waals surface area contributed by atoms with Gasteiger partial charge in [0.05, 0.1) is 10.7 Å². The van der Waals surface area contributed by atoms with E-state index in [0.29, 0.717) is 31.5 Å². The normalized spacial score (nSPS) is 10.4. The molecule has 0 saturated carbocycles. The Morgan fingerprint density at radius 2 is 2.09 bits per heavy atom. The third-order valence-corrected chi connectivity index (χ3v) is 4.52. The van der Waals surface area contributed by atoms with Gasteiger partial charge >= 0.3 is 0 Å². The molecule has 2 rings (SSSR count). The average Bonchev–Trinajstić information content (AvgIpc) is 3.15. The van der Waals surface area contributed by atoms with Crippen LogP contribution in [0.1, 0.15) is 33.9 Å². The fourth-order valence-corrected chi connectivity index (χ4v) is 3.17. The summed E-state index contributed by atoms with van der Waals surface area (Å²) >= 11 is 3.11. The first-order valence-corrected chi connectivity index (χ1v) is 8.95. The number of hydrogen-bond donors (Lipinski definition) is 2. The molecule has 0 fully saturated rings. The van der Waals surface area contributed by atoms with E-state index in [-0.39, 0.29) is 11.8 Å². The van der Waals surface area contributed by atoms with E-state index in [4.69, 9.17) is 0 Å². The summed E-state index contributed by atoms with van der Waals surface area (Å²) < 4.78 is 0. The molecule has 0 atom stereocenters. The van der Waals surface area contributed by atoms with Crippen molar-refractivity contribution in [2.45, 2.75) is 26.2 Å². The topological polar surface area (TPSA) is 71.1 Å². The molecule has 2 aromatic heterocycles. The van der Waals surface area contributed by atoms with Crippen LogP contribution in [0.5, 0.6) is 0 Å². The van der Waals surface area contributed by atoms with Crippen LogP contribution in [0.3, 0.4) is 0 Å². The summed E-state index contributed by atoms with van der Waals surface area (Å²) in [7, 11) is 0. The van der Waals surface area contributed by atoms with Gasteiger partial charge < -0.3 is 10.6 Å². The molecule has 0 aliphatic rings. The summed E-state index contributed by atoms with van der Waals surface area (Å²) in [6, 6.07) is 1.78. The van der Waals surface area contributed by atoms with Crippen LogP contribution < -0.4 is 10.6 Å². The van der Waals surface area contributed by atoms with Crippen LogP contribution in [-0.4, -0.2) is 29.9 Å². The summed E-state index contributed by atoms with van der Waals surface area (Å²) in [5.74, 6) is -0.0720. The number of nitrogens with one attached hydrogen (secondary N) is 2. The van der Waals surface area contributed by atoms with Crippen LogP contribution in [0.15, 0.2) is 22.2 Å². The largest absolute Gasteiger partial charge is 0.356 e. The highest BCUT2D eigenvalue weighted by Gasteiger charge is 2.06. The number of rotatable bonds is 8. The summed E-state index contributed by atoms with van der Waals surface area (Å²) in [6.45, 7) is 3.08. The second-order valence-corrected chi connectivity index (χ2v) is 6.67. The van der Waals surface area contributed by atoms with Crippen LogP contribution in [0.4, 0.5) is 0 Å². The molecule has 0 radical (unpaired) electrons. The number of carbonyl (C=O) groups is 2. The molecule has 0 saturated heterocycles. The molecule has 2 N–H and O–H groups in total. The van der Waals surface area contributed by atoms with E-state index in [1.165, 1.54) is 11.3 Å². The maximum atomic E-state index is 11.7. The van der Waals surface area contributed by atoms with Crippen LogP contribution in [-0.2, 0) is 11.2 Å². The van der Waals surface area contributed by atoms with Crippen LogP contribution in [0.2, 0.25) is 0 Å². The van der Waals surface area contributed by atoms with E-state index >= 15 is 0 Å². The second-order valence-electron chi connectivity index (χ2n) is 4.83. The molecule has 0 aromatic carbocycles. The molecule has 7 heteroatoms. The zero-order valence-corrected chi connectivity index (χ0v) is 14.1. The summed E-state index contributed by atoms with van der Waals surface area (Å²) in [4.78, 5) is 27.7. The standard InChI is InChI=1S/C15H19N3O2S2/c1-11-18-13(10-22-11)4-7-16-14(19)3-2-6-17-15(20)12-5-8-21-9-12/h5,8-10H,2-4,6-7H2,1H3,(H,16,19)(H,17,20). The number of aromatic nitrogens is 1. The number of amides is 2. The average molecular weight is 337 g/mol. The van der Waals surface area contributed by atoms with E-state index in [9.17, 15) is 9.59 Å². The highest BCUT2D eigenvalue weighted by Crippen LogP contribution is 2.08. The molecule has 2 aromatic rings.